The van der Waals surface area contributed by atoms with Crippen LogP contribution in [0.3, 0.4) is 0 Å². The summed E-state index contributed by atoms with van der Waals surface area (Å²) in [5, 5.41) is 0. The zero-order valence-corrected chi connectivity index (χ0v) is 12.7. The van der Waals surface area contributed by atoms with E-state index >= 15 is 0 Å². The van der Waals surface area contributed by atoms with Crippen molar-refractivity contribution in [2.24, 2.45) is 0 Å². The largest absolute Gasteiger partial charge is 0.497 e. The van der Waals surface area contributed by atoms with Gasteiger partial charge in [0.25, 0.3) is 0 Å². The van der Waals surface area contributed by atoms with Crippen LogP contribution < -0.4 is 14.4 Å². The lowest BCUT2D eigenvalue weighted by atomic mass is 10.2. The monoisotopic (exact) mass is 280 g/mol. The minimum atomic E-state index is 0.372. The number of morpholine rings is 1. The third-order valence-corrected chi connectivity index (χ3v) is 3.62. The van der Waals surface area contributed by atoms with Gasteiger partial charge in [0, 0.05) is 6.42 Å². The van der Waals surface area contributed by atoms with Gasteiger partial charge >= 0.3 is 0 Å². The first kappa shape index (κ1) is 15.1. The average Bonchev–Trinajstić information content (AvgIpc) is 2.43. The fraction of sp³-hybridized carbons (Fsp3) is 0.625. The van der Waals surface area contributed by atoms with Crippen LogP contribution in [0, 0.1) is 0 Å². The summed E-state index contributed by atoms with van der Waals surface area (Å²) in [6.45, 7) is 8.43. The summed E-state index contributed by atoms with van der Waals surface area (Å²) >= 11 is 0. The van der Waals surface area contributed by atoms with Crippen LogP contribution >= 0.6 is 0 Å². The van der Waals surface area contributed by atoms with E-state index in [2.05, 4.69) is 13.8 Å². The molecule has 0 aromatic heterocycles. The smallest absolute Gasteiger partial charge is 0.119 e. The van der Waals surface area contributed by atoms with Crippen LogP contribution in [0.5, 0.6) is 11.5 Å². The Kier molecular flexibility index (Phi) is 5.68. The van der Waals surface area contributed by atoms with E-state index < -0.39 is 0 Å². The number of benzene rings is 1. The van der Waals surface area contributed by atoms with Crippen molar-refractivity contribution < 1.29 is 19.1 Å². The molecule has 4 nitrogen and oxygen atoms in total. The summed E-state index contributed by atoms with van der Waals surface area (Å²) in [5.74, 6) is 1.77. The molecule has 0 saturated carbocycles. The average molecular weight is 280 g/mol. The van der Waals surface area contributed by atoms with Gasteiger partial charge in [-0.25, -0.2) is 0 Å². The third kappa shape index (κ3) is 4.69. The fourth-order valence-corrected chi connectivity index (χ4v) is 2.78. The second-order valence-electron chi connectivity index (χ2n) is 5.54. The van der Waals surface area contributed by atoms with Crippen molar-refractivity contribution in [3.63, 3.8) is 0 Å². The maximum absolute atomic E-state index is 5.75. The molecule has 1 heterocycles. The van der Waals surface area contributed by atoms with Crippen LogP contribution in [-0.4, -0.2) is 45.6 Å². The van der Waals surface area contributed by atoms with Crippen molar-refractivity contribution in [1.82, 2.24) is 0 Å². The summed E-state index contributed by atoms with van der Waals surface area (Å²) < 4.78 is 16.6. The minimum Gasteiger partial charge on any atom is -0.497 e. The number of hydrogen-bond acceptors (Lipinski definition) is 3. The van der Waals surface area contributed by atoms with Gasteiger partial charge in [0.15, 0.2) is 0 Å². The van der Waals surface area contributed by atoms with Gasteiger partial charge in [0.1, 0.15) is 36.8 Å². The summed E-state index contributed by atoms with van der Waals surface area (Å²) in [6.07, 6.45) is 1.81. The van der Waals surface area contributed by atoms with Crippen molar-refractivity contribution >= 4 is 0 Å². The van der Waals surface area contributed by atoms with Crippen LogP contribution in [0.4, 0.5) is 0 Å². The molecule has 1 aromatic carbocycles. The molecule has 1 N–H and O–H groups in total. The maximum atomic E-state index is 5.75. The van der Waals surface area contributed by atoms with E-state index in [1.807, 2.05) is 24.3 Å². The van der Waals surface area contributed by atoms with E-state index in [1.165, 1.54) is 0 Å². The van der Waals surface area contributed by atoms with Crippen LogP contribution in [0.25, 0.3) is 0 Å². The SMILES string of the molecule is COc1ccc(OCCC[NH+]2C[C@@H](C)O[C@@H](C)C2)cc1. The molecule has 1 aliphatic heterocycles. The Morgan fingerprint density at radius 1 is 1.10 bits per heavy atom. The Labute approximate surface area is 121 Å². The van der Waals surface area contributed by atoms with Gasteiger partial charge in [0.2, 0.25) is 0 Å². The van der Waals surface area contributed by atoms with Gasteiger partial charge in [-0.2, -0.15) is 0 Å². The van der Waals surface area contributed by atoms with E-state index in [0.29, 0.717) is 12.2 Å². The molecule has 0 aliphatic carbocycles. The van der Waals surface area contributed by atoms with Gasteiger partial charge in [0.05, 0.1) is 20.3 Å². The molecule has 0 spiro atoms. The summed E-state index contributed by atoms with van der Waals surface area (Å²) in [4.78, 5) is 1.62. The summed E-state index contributed by atoms with van der Waals surface area (Å²) in [6, 6.07) is 7.74. The zero-order chi connectivity index (χ0) is 14.4. The van der Waals surface area contributed by atoms with Crippen molar-refractivity contribution in [1.29, 1.82) is 0 Å². The molecule has 3 atom stereocenters. The molecule has 2 rings (SSSR count). The Balaban J connectivity index is 1.65. The zero-order valence-electron chi connectivity index (χ0n) is 12.7. The van der Waals surface area contributed by atoms with Crippen LogP contribution in [0.15, 0.2) is 24.3 Å². The maximum Gasteiger partial charge on any atom is 0.119 e. The lowest BCUT2D eigenvalue weighted by molar-refractivity contribution is -0.915. The van der Waals surface area contributed by atoms with Crippen molar-refractivity contribution in [2.75, 3.05) is 33.4 Å². The number of ether oxygens (including phenoxy) is 3. The van der Waals surface area contributed by atoms with E-state index in [1.54, 1.807) is 12.0 Å². The quantitative estimate of drug-likeness (QED) is 0.794. The Morgan fingerprint density at radius 2 is 1.70 bits per heavy atom. The predicted octanol–water partition coefficient (Wildman–Crippen LogP) is 1.16. The third-order valence-electron chi connectivity index (χ3n) is 3.62. The van der Waals surface area contributed by atoms with Crippen molar-refractivity contribution in [2.45, 2.75) is 32.5 Å². The van der Waals surface area contributed by atoms with E-state index in [9.17, 15) is 0 Å². The molecule has 1 aliphatic rings. The first-order valence-corrected chi connectivity index (χ1v) is 7.43. The molecule has 20 heavy (non-hydrogen) atoms. The summed E-state index contributed by atoms with van der Waals surface area (Å²) in [5.41, 5.74) is 0. The molecule has 0 amide bonds. The van der Waals surface area contributed by atoms with Crippen LogP contribution in [-0.2, 0) is 4.74 Å². The summed E-state index contributed by atoms with van der Waals surface area (Å²) in [7, 11) is 1.67. The highest BCUT2D eigenvalue weighted by Crippen LogP contribution is 2.16. The molecule has 1 unspecified atom stereocenters. The topological polar surface area (TPSA) is 32.1 Å². The van der Waals surface area contributed by atoms with E-state index in [4.69, 9.17) is 14.2 Å². The lowest BCUT2D eigenvalue weighted by Gasteiger charge is -2.32. The number of quaternary nitrogens is 1. The van der Waals surface area contributed by atoms with Gasteiger partial charge in [-0.05, 0) is 38.1 Å². The van der Waals surface area contributed by atoms with Crippen LogP contribution in [0.2, 0.25) is 0 Å². The van der Waals surface area contributed by atoms with Crippen LogP contribution in [0.1, 0.15) is 20.3 Å². The molecule has 4 heteroatoms. The Morgan fingerprint density at radius 3 is 2.30 bits per heavy atom. The molecule has 1 saturated heterocycles. The predicted molar refractivity (Wildman–Crippen MR) is 78.7 cm³/mol. The Bertz CT molecular complexity index is 383. The van der Waals surface area contributed by atoms with Gasteiger partial charge in [-0.3, -0.25) is 0 Å². The normalized spacial score (nSPS) is 26.2. The number of methoxy groups -OCH3 is 1. The highest BCUT2D eigenvalue weighted by atomic mass is 16.5. The van der Waals surface area contributed by atoms with Crippen molar-refractivity contribution in [3.05, 3.63) is 24.3 Å². The lowest BCUT2D eigenvalue weighted by Crippen LogP contribution is -3.15. The molecule has 0 bridgehead atoms. The molecule has 1 fully saturated rings. The number of hydrogen-bond donors (Lipinski definition) is 1. The fourth-order valence-electron chi connectivity index (χ4n) is 2.78. The first-order chi connectivity index (χ1) is 9.67. The molecule has 1 aromatic rings. The Hall–Kier alpha value is -1.26. The van der Waals surface area contributed by atoms with E-state index in [0.717, 1.165) is 44.2 Å². The number of rotatable bonds is 6. The molecule has 0 radical (unpaired) electrons. The minimum absolute atomic E-state index is 0.372. The molecular formula is C16H26NO3+. The second-order valence-corrected chi connectivity index (χ2v) is 5.54. The highest BCUT2D eigenvalue weighted by molar-refractivity contribution is 5.31. The standard InChI is InChI=1S/C16H25NO3/c1-13-11-17(12-14(2)20-13)9-4-10-19-16-7-5-15(18-3)6-8-16/h5-8,13-14H,4,9-12H2,1-3H3/p+1/t13-,14+. The molecule has 112 valence electrons. The molecular weight excluding hydrogens is 254 g/mol. The van der Waals surface area contributed by atoms with E-state index in [-0.39, 0.29) is 0 Å². The second kappa shape index (κ2) is 7.50. The highest BCUT2D eigenvalue weighted by Gasteiger charge is 2.24. The van der Waals surface area contributed by atoms with Gasteiger partial charge < -0.3 is 19.1 Å². The first-order valence-electron chi connectivity index (χ1n) is 7.43. The van der Waals surface area contributed by atoms with Gasteiger partial charge in [-0.1, -0.05) is 0 Å². The van der Waals surface area contributed by atoms with Crippen molar-refractivity contribution in [3.8, 4) is 11.5 Å². The number of nitrogens with one attached hydrogen (secondary N) is 1. The van der Waals surface area contributed by atoms with Gasteiger partial charge in [-0.15, -0.1) is 0 Å².